The molecule has 3 rings (SSSR count). The maximum absolute atomic E-state index is 13.6. The zero-order chi connectivity index (χ0) is 15.0. The fourth-order valence-corrected chi connectivity index (χ4v) is 4.27. The van der Waals surface area contributed by atoms with E-state index in [-0.39, 0.29) is 11.3 Å². The van der Waals surface area contributed by atoms with E-state index in [2.05, 4.69) is 4.98 Å². The van der Waals surface area contributed by atoms with Gasteiger partial charge in [-0.2, -0.15) is 0 Å². The van der Waals surface area contributed by atoms with Gasteiger partial charge in [0.2, 0.25) is 0 Å². The summed E-state index contributed by atoms with van der Waals surface area (Å²) in [4.78, 5) is 4.25. The van der Waals surface area contributed by atoms with Crippen LogP contribution in [0, 0.1) is 11.6 Å². The lowest BCUT2D eigenvalue weighted by Crippen LogP contribution is -2.00. The molecule has 0 saturated heterocycles. The van der Waals surface area contributed by atoms with Crippen LogP contribution in [0.4, 0.5) is 14.5 Å². The Labute approximate surface area is 125 Å². The minimum atomic E-state index is -1.53. The molecule has 3 aromatic rings. The summed E-state index contributed by atoms with van der Waals surface area (Å²) in [6.07, 6.45) is 0. The molecule has 0 radical (unpaired) electrons. The van der Waals surface area contributed by atoms with Crippen LogP contribution in [0.2, 0.25) is 0 Å². The van der Waals surface area contributed by atoms with Crippen molar-refractivity contribution in [2.45, 2.75) is 10.1 Å². The van der Waals surface area contributed by atoms with Gasteiger partial charge in [-0.25, -0.2) is 13.8 Å². The van der Waals surface area contributed by atoms with Gasteiger partial charge in [0.05, 0.1) is 26.8 Å². The zero-order valence-corrected chi connectivity index (χ0v) is 12.3. The topological polar surface area (TPSA) is 56.0 Å². The fourth-order valence-electron chi connectivity index (χ4n) is 1.88. The van der Waals surface area contributed by atoms with Gasteiger partial charge >= 0.3 is 0 Å². The average Bonchev–Trinajstić information content (AvgIpc) is 2.87. The van der Waals surface area contributed by atoms with Crippen LogP contribution in [-0.2, 0) is 16.6 Å². The Bertz CT molecular complexity index is 848. The molecular formula is C14H10F2N2OS2. The number of hydrogen-bond acceptors (Lipinski definition) is 4. The number of hydrogen-bond donors (Lipinski definition) is 1. The minimum absolute atomic E-state index is 0.0760. The normalized spacial score (nSPS) is 12.7. The first-order valence-electron chi connectivity index (χ1n) is 6.02. The smallest absolute Gasteiger partial charge is 0.182 e. The van der Waals surface area contributed by atoms with E-state index in [1.807, 2.05) is 0 Å². The molecule has 0 spiro atoms. The molecule has 1 unspecified atom stereocenters. The Hall–Kier alpha value is -1.86. The third-order valence-electron chi connectivity index (χ3n) is 2.91. The second-order valence-corrected chi connectivity index (χ2v) is 7.07. The van der Waals surface area contributed by atoms with Gasteiger partial charge in [0.25, 0.3) is 0 Å². The molecule has 2 N–H and O–H groups in total. The van der Waals surface area contributed by atoms with E-state index in [1.54, 1.807) is 18.2 Å². The summed E-state index contributed by atoms with van der Waals surface area (Å²) in [5.41, 5.74) is 7.05. The summed E-state index contributed by atoms with van der Waals surface area (Å²) in [5, 5.41) is 0. The van der Waals surface area contributed by atoms with Gasteiger partial charge in [-0.15, -0.1) is 11.3 Å². The van der Waals surface area contributed by atoms with Crippen molar-refractivity contribution in [3.8, 4) is 0 Å². The number of thiazole rings is 1. The highest BCUT2D eigenvalue weighted by molar-refractivity contribution is 7.86. The van der Waals surface area contributed by atoms with Crippen LogP contribution in [0.3, 0.4) is 0 Å². The van der Waals surface area contributed by atoms with Crippen molar-refractivity contribution in [1.29, 1.82) is 0 Å². The predicted molar refractivity (Wildman–Crippen MR) is 80.5 cm³/mol. The molecule has 0 amide bonds. The van der Waals surface area contributed by atoms with E-state index in [0.29, 0.717) is 15.5 Å². The minimum Gasteiger partial charge on any atom is -0.399 e. The number of aromatic nitrogens is 1. The van der Waals surface area contributed by atoms with Crippen LogP contribution in [0.15, 0.2) is 40.7 Å². The van der Waals surface area contributed by atoms with Crippen molar-refractivity contribution in [3.63, 3.8) is 0 Å². The van der Waals surface area contributed by atoms with Crippen LogP contribution in [-0.4, -0.2) is 9.19 Å². The van der Waals surface area contributed by atoms with Crippen molar-refractivity contribution in [3.05, 3.63) is 53.6 Å². The second-order valence-electron chi connectivity index (χ2n) is 4.41. The number of rotatable bonds is 3. The molecule has 0 aliphatic heterocycles. The van der Waals surface area contributed by atoms with Crippen molar-refractivity contribution >= 4 is 38.0 Å². The molecule has 0 saturated carbocycles. The first-order valence-corrected chi connectivity index (χ1v) is 8.15. The summed E-state index contributed by atoms with van der Waals surface area (Å²) < 4.78 is 40.2. The van der Waals surface area contributed by atoms with Crippen molar-refractivity contribution in [2.75, 3.05) is 5.73 Å². The molecule has 1 heterocycles. The quantitative estimate of drug-likeness (QED) is 0.751. The van der Waals surface area contributed by atoms with Crippen LogP contribution in [0.25, 0.3) is 10.2 Å². The number of nitrogens with zero attached hydrogens (tertiary/aromatic N) is 1. The van der Waals surface area contributed by atoms with Crippen LogP contribution < -0.4 is 5.73 Å². The molecule has 0 aliphatic rings. The largest absolute Gasteiger partial charge is 0.399 e. The number of halogens is 2. The molecule has 108 valence electrons. The van der Waals surface area contributed by atoms with Crippen LogP contribution in [0.5, 0.6) is 0 Å². The van der Waals surface area contributed by atoms with Crippen LogP contribution in [0.1, 0.15) is 5.56 Å². The highest BCUT2D eigenvalue weighted by atomic mass is 32.2. The molecule has 1 atom stereocenters. The standard InChI is InChI=1S/C14H10F2N2OS2/c15-10-3-1-2-8(13(10)16)7-21(19)14-18-11-5-4-9(17)6-12(11)20-14/h1-6H,7,17H2. The lowest BCUT2D eigenvalue weighted by Gasteiger charge is -2.02. The highest BCUT2D eigenvalue weighted by Crippen LogP contribution is 2.27. The Balaban J connectivity index is 1.91. The van der Waals surface area contributed by atoms with Gasteiger partial charge in [-0.05, 0) is 24.3 Å². The summed E-state index contributed by atoms with van der Waals surface area (Å²) in [7, 11) is -1.53. The lowest BCUT2D eigenvalue weighted by atomic mass is 10.2. The Kier molecular flexibility index (Phi) is 3.69. The van der Waals surface area contributed by atoms with Gasteiger partial charge < -0.3 is 5.73 Å². The highest BCUT2D eigenvalue weighted by Gasteiger charge is 2.15. The van der Waals surface area contributed by atoms with E-state index in [4.69, 9.17) is 5.73 Å². The number of benzene rings is 2. The van der Waals surface area contributed by atoms with Crippen molar-refractivity contribution in [2.24, 2.45) is 0 Å². The van der Waals surface area contributed by atoms with E-state index in [1.165, 1.54) is 23.5 Å². The maximum atomic E-state index is 13.6. The van der Waals surface area contributed by atoms with E-state index in [9.17, 15) is 13.0 Å². The SMILES string of the molecule is Nc1ccc2nc(S(=O)Cc3cccc(F)c3F)sc2c1. The number of anilines is 1. The summed E-state index contributed by atoms with van der Waals surface area (Å²) in [5.74, 6) is -2.02. The molecule has 2 aromatic carbocycles. The monoisotopic (exact) mass is 324 g/mol. The Morgan fingerprint density at radius 1 is 1.24 bits per heavy atom. The summed E-state index contributed by atoms with van der Waals surface area (Å²) in [6, 6.07) is 9.04. The lowest BCUT2D eigenvalue weighted by molar-refractivity contribution is 0.502. The van der Waals surface area contributed by atoms with Gasteiger partial charge in [-0.1, -0.05) is 12.1 Å². The molecule has 7 heteroatoms. The third kappa shape index (κ3) is 2.79. The second kappa shape index (κ2) is 5.50. The van der Waals surface area contributed by atoms with Gasteiger partial charge in [0.15, 0.2) is 16.0 Å². The first-order chi connectivity index (χ1) is 10.0. The fraction of sp³-hybridized carbons (Fsp3) is 0.0714. The van der Waals surface area contributed by atoms with Gasteiger partial charge in [0, 0.05) is 11.3 Å². The molecule has 3 nitrogen and oxygen atoms in total. The number of nitrogen functional groups attached to an aromatic ring is 1. The maximum Gasteiger partial charge on any atom is 0.182 e. The average molecular weight is 324 g/mol. The molecular weight excluding hydrogens is 314 g/mol. The van der Waals surface area contributed by atoms with Crippen molar-refractivity contribution in [1.82, 2.24) is 4.98 Å². The Morgan fingerprint density at radius 3 is 2.86 bits per heavy atom. The van der Waals surface area contributed by atoms with Gasteiger partial charge in [-0.3, -0.25) is 4.21 Å². The Morgan fingerprint density at radius 2 is 2.05 bits per heavy atom. The number of nitrogens with two attached hydrogens (primary N) is 1. The molecule has 21 heavy (non-hydrogen) atoms. The number of fused-ring (bicyclic) bond motifs is 1. The summed E-state index contributed by atoms with van der Waals surface area (Å²) in [6.45, 7) is 0. The zero-order valence-electron chi connectivity index (χ0n) is 10.7. The van der Waals surface area contributed by atoms with E-state index < -0.39 is 22.4 Å². The summed E-state index contributed by atoms with van der Waals surface area (Å²) >= 11 is 1.24. The molecule has 0 fully saturated rings. The molecule has 0 bridgehead atoms. The van der Waals surface area contributed by atoms with Gasteiger partial charge in [0.1, 0.15) is 0 Å². The van der Waals surface area contributed by atoms with Crippen molar-refractivity contribution < 1.29 is 13.0 Å². The van der Waals surface area contributed by atoms with E-state index in [0.717, 1.165) is 10.8 Å². The van der Waals surface area contributed by atoms with E-state index >= 15 is 0 Å². The van der Waals surface area contributed by atoms with Crippen LogP contribution >= 0.6 is 11.3 Å². The first kappa shape index (κ1) is 14.1. The predicted octanol–water partition coefficient (Wildman–Crippen LogP) is 3.46. The third-order valence-corrected chi connectivity index (χ3v) is 5.58. The molecule has 0 aliphatic carbocycles. The molecule has 1 aromatic heterocycles.